The van der Waals surface area contributed by atoms with Crippen LogP contribution in [0, 0.1) is 24.1 Å². The van der Waals surface area contributed by atoms with Gasteiger partial charge >= 0.3 is 0 Å². The number of nitrogens with one attached hydrogen (secondary N) is 1. The van der Waals surface area contributed by atoms with E-state index in [9.17, 15) is 18.8 Å². The van der Waals surface area contributed by atoms with Crippen LogP contribution in [0.25, 0.3) is 0 Å². The fourth-order valence-electron chi connectivity index (χ4n) is 3.71. The lowest BCUT2D eigenvalue weighted by atomic mass is 9.83. The Bertz CT molecular complexity index is 786. The first kappa shape index (κ1) is 25.5. The van der Waals surface area contributed by atoms with Gasteiger partial charge in [-0.05, 0) is 44.0 Å². The monoisotopic (exact) mass is 444 g/mol. The predicted molar refractivity (Wildman–Crippen MR) is 118 cm³/mol. The van der Waals surface area contributed by atoms with Crippen molar-refractivity contribution in [2.45, 2.75) is 39.7 Å². The molecule has 0 aromatic heterocycles. The summed E-state index contributed by atoms with van der Waals surface area (Å²) >= 11 is 0. The lowest BCUT2D eigenvalue weighted by Crippen LogP contribution is -2.47. The number of nitrogens with zero attached hydrogens (tertiary/aromatic N) is 1. The van der Waals surface area contributed by atoms with E-state index in [4.69, 9.17) is 4.74 Å². The number of ketones is 1. The SMILES string of the molecule is Cc1cc(NC(=O)[C@H]2CCN(C(=O)C(=O)CC3(C)COC3)[C@H]2C)ccc1F.S.S. The molecule has 2 aliphatic rings. The number of amides is 2. The molecule has 1 aromatic carbocycles. The van der Waals surface area contributed by atoms with Crippen LogP contribution in [0.2, 0.25) is 0 Å². The van der Waals surface area contributed by atoms with Gasteiger partial charge in [0.2, 0.25) is 11.7 Å². The third-order valence-electron chi connectivity index (χ3n) is 5.50. The number of carbonyl (C=O) groups is 3. The molecule has 0 aliphatic carbocycles. The van der Waals surface area contributed by atoms with E-state index < -0.39 is 17.6 Å². The third-order valence-corrected chi connectivity index (χ3v) is 5.50. The molecule has 0 spiro atoms. The van der Waals surface area contributed by atoms with Gasteiger partial charge in [0.1, 0.15) is 5.82 Å². The van der Waals surface area contributed by atoms with Crippen molar-refractivity contribution in [3.63, 3.8) is 0 Å². The van der Waals surface area contributed by atoms with Gasteiger partial charge < -0.3 is 15.0 Å². The molecule has 2 fully saturated rings. The first-order valence-corrected chi connectivity index (χ1v) is 9.19. The minimum Gasteiger partial charge on any atom is -0.380 e. The summed E-state index contributed by atoms with van der Waals surface area (Å²) in [5.74, 6) is -1.92. The molecule has 9 heteroatoms. The molecule has 2 heterocycles. The molecule has 2 atom stereocenters. The highest BCUT2D eigenvalue weighted by Gasteiger charge is 2.43. The summed E-state index contributed by atoms with van der Waals surface area (Å²) in [5.41, 5.74) is 0.709. The Hall–Kier alpha value is -1.58. The van der Waals surface area contributed by atoms with Crippen molar-refractivity contribution in [3.05, 3.63) is 29.6 Å². The fourth-order valence-corrected chi connectivity index (χ4v) is 3.71. The second kappa shape index (κ2) is 9.95. The summed E-state index contributed by atoms with van der Waals surface area (Å²) < 4.78 is 18.5. The Balaban J connectivity index is 0.00000210. The van der Waals surface area contributed by atoms with Gasteiger partial charge in [0, 0.05) is 30.1 Å². The molecule has 0 saturated carbocycles. The molecule has 0 unspecified atom stereocenters. The maximum absolute atomic E-state index is 13.4. The Morgan fingerprint density at radius 3 is 2.48 bits per heavy atom. The van der Waals surface area contributed by atoms with Crippen LogP contribution in [-0.4, -0.2) is 48.3 Å². The van der Waals surface area contributed by atoms with E-state index in [1.54, 1.807) is 19.9 Å². The maximum atomic E-state index is 13.4. The molecule has 1 N–H and O–H groups in total. The van der Waals surface area contributed by atoms with Gasteiger partial charge in [-0.1, -0.05) is 6.92 Å². The van der Waals surface area contributed by atoms with Crippen molar-refractivity contribution in [1.82, 2.24) is 4.90 Å². The number of halogens is 1. The predicted octanol–water partition coefficient (Wildman–Crippen LogP) is 2.53. The van der Waals surface area contributed by atoms with Crippen molar-refractivity contribution < 1.29 is 23.5 Å². The summed E-state index contributed by atoms with van der Waals surface area (Å²) in [6, 6.07) is 4.02. The molecule has 29 heavy (non-hydrogen) atoms. The van der Waals surface area contributed by atoms with E-state index in [1.807, 2.05) is 6.92 Å². The van der Waals surface area contributed by atoms with Crippen LogP contribution in [0.15, 0.2) is 18.2 Å². The van der Waals surface area contributed by atoms with Crippen LogP contribution >= 0.6 is 27.0 Å². The van der Waals surface area contributed by atoms with Gasteiger partial charge in [-0.25, -0.2) is 4.39 Å². The number of hydrogen-bond acceptors (Lipinski definition) is 4. The number of Topliss-reactive ketones (excluding diaryl/α,β-unsaturated/α-hetero) is 1. The van der Waals surface area contributed by atoms with E-state index in [0.29, 0.717) is 37.4 Å². The van der Waals surface area contributed by atoms with Crippen LogP contribution < -0.4 is 5.32 Å². The second-order valence-corrected chi connectivity index (χ2v) is 7.99. The quantitative estimate of drug-likeness (QED) is 0.708. The van der Waals surface area contributed by atoms with Gasteiger partial charge in [0.15, 0.2) is 0 Å². The average Bonchev–Trinajstić information content (AvgIpc) is 2.97. The number of anilines is 1. The Morgan fingerprint density at radius 2 is 1.93 bits per heavy atom. The molecular formula is C20H29FN2O4S2. The second-order valence-electron chi connectivity index (χ2n) is 7.99. The summed E-state index contributed by atoms with van der Waals surface area (Å²) in [7, 11) is 0. The summed E-state index contributed by atoms with van der Waals surface area (Å²) in [6.45, 7) is 6.69. The zero-order chi connectivity index (χ0) is 19.8. The Kier molecular flexibility index (Phi) is 8.74. The summed E-state index contributed by atoms with van der Waals surface area (Å²) in [5, 5.41) is 2.78. The number of benzene rings is 1. The zero-order valence-electron chi connectivity index (χ0n) is 16.9. The minimum absolute atomic E-state index is 0. The molecule has 2 aliphatic heterocycles. The third kappa shape index (κ3) is 5.52. The van der Waals surface area contributed by atoms with Crippen LogP contribution in [0.3, 0.4) is 0 Å². The number of carbonyl (C=O) groups excluding carboxylic acids is 3. The van der Waals surface area contributed by atoms with Gasteiger partial charge in [-0.3, -0.25) is 14.4 Å². The number of likely N-dealkylation sites (tertiary alicyclic amines) is 1. The van der Waals surface area contributed by atoms with Crippen molar-refractivity contribution >= 4 is 50.3 Å². The van der Waals surface area contributed by atoms with Crippen LogP contribution in [0.4, 0.5) is 10.1 Å². The zero-order valence-corrected chi connectivity index (χ0v) is 18.9. The smallest absolute Gasteiger partial charge is 0.290 e. The van der Waals surface area contributed by atoms with Crippen molar-refractivity contribution in [2.75, 3.05) is 25.1 Å². The van der Waals surface area contributed by atoms with Crippen LogP contribution in [-0.2, 0) is 19.1 Å². The van der Waals surface area contributed by atoms with Crippen molar-refractivity contribution in [3.8, 4) is 0 Å². The summed E-state index contributed by atoms with van der Waals surface area (Å²) in [6.07, 6.45) is 0.660. The van der Waals surface area contributed by atoms with Gasteiger partial charge in [0.25, 0.3) is 5.91 Å². The van der Waals surface area contributed by atoms with Gasteiger partial charge in [-0.15, -0.1) is 0 Å². The number of ether oxygens (including phenoxy) is 1. The first-order valence-electron chi connectivity index (χ1n) is 9.19. The molecule has 3 rings (SSSR count). The summed E-state index contributed by atoms with van der Waals surface area (Å²) in [4.78, 5) is 39.0. The van der Waals surface area contributed by atoms with E-state index in [2.05, 4.69) is 5.32 Å². The molecule has 162 valence electrons. The van der Waals surface area contributed by atoms with E-state index in [-0.39, 0.29) is 56.6 Å². The highest BCUT2D eigenvalue weighted by Crippen LogP contribution is 2.32. The topological polar surface area (TPSA) is 75.7 Å². The van der Waals surface area contributed by atoms with Crippen LogP contribution in [0.5, 0.6) is 0 Å². The molecule has 1 aromatic rings. The Morgan fingerprint density at radius 1 is 1.28 bits per heavy atom. The molecule has 0 radical (unpaired) electrons. The fraction of sp³-hybridized carbons (Fsp3) is 0.550. The van der Waals surface area contributed by atoms with E-state index in [0.717, 1.165) is 0 Å². The normalized spacial score (nSPS) is 22.0. The minimum atomic E-state index is -0.524. The van der Waals surface area contributed by atoms with E-state index >= 15 is 0 Å². The van der Waals surface area contributed by atoms with Gasteiger partial charge in [0.05, 0.1) is 19.1 Å². The number of hydrogen-bond donors (Lipinski definition) is 1. The van der Waals surface area contributed by atoms with Gasteiger partial charge in [-0.2, -0.15) is 27.0 Å². The highest BCUT2D eigenvalue weighted by atomic mass is 32.1. The maximum Gasteiger partial charge on any atom is 0.290 e. The standard InChI is InChI=1S/C20H25FN2O4.2H2S/c1-12-8-14(4-5-16(12)21)22-18(25)15-6-7-23(13(15)2)19(26)17(24)9-20(3)10-27-11-20;;/h4-5,8,13,15H,6-7,9-11H2,1-3H3,(H,22,25);2*1H2/t13-,15-;;/m0../s1. The lowest BCUT2D eigenvalue weighted by Gasteiger charge is -2.37. The van der Waals surface area contributed by atoms with E-state index in [1.165, 1.54) is 17.0 Å². The lowest BCUT2D eigenvalue weighted by molar-refractivity contribution is -0.153. The average molecular weight is 445 g/mol. The largest absolute Gasteiger partial charge is 0.380 e. The molecule has 2 saturated heterocycles. The number of aryl methyl sites for hydroxylation is 1. The molecule has 0 bridgehead atoms. The highest BCUT2D eigenvalue weighted by molar-refractivity contribution is 7.59. The number of rotatable bonds is 5. The molecular weight excluding hydrogens is 415 g/mol. The van der Waals surface area contributed by atoms with Crippen molar-refractivity contribution in [2.24, 2.45) is 11.3 Å². The Labute approximate surface area is 184 Å². The molecule has 2 amide bonds. The first-order chi connectivity index (χ1) is 12.7. The molecule has 6 nitrogen and oxygen atoms in total. The van der Waals surface area contributed by atoms with Crippen LogP contribution in [0.1, 0.15) is 32.3 Å². The van der Waals surface area contributed by atoms with Crippen molar-refractivity contribution in [1.29, 1.82) is 0 Å².